The number of alkyl halides is 3. The highest BCUT2D eigenvalue weighted by Crippen LogP contribution is 2.30. The molecule has 7 nitrogen and oxygen atoms in total. The molecule has 0 aliphatic carbocycles. The van der Waals surface area contributed by atoms with Crippen LogP contribution in [0.15, 0.2) is 24.7 Å². The van der Waals surface area contributed by atoms with Gasteiger partial charge in [-0.25, -0.2) is 10.1 Å². The number of nitrogens with zero attached hydrogens (tertiary/aromatic N) is 4. The van der Waals surface area contributed by atoms with Gasteiger partial charge in [0.15, 0.2) is 0 Å². The van der Waals surface area contributed by atoms with Crippen LogP contribution in [0.1, 0.15) is 18.4 Å². The van der Waals surface area contributed by atoms with Crippen molar-refractivity contribution in [2.75, 3.05) is 23.3 Å². The van der Waals surface area contributed by atoms with Crippen LogP contribution in [-0.2, 0) is 11.0 Å². The predicted molar refractivity (Wildman–Crippen MR) is 79.2 cm³/mol. The van der Waals surface area contributed by atoms with Crippen molar-refractivity contribution in [3.63, 3.8) is 0 Å². The zero-order valence-electron chi connectivity index (χ0n) is 12.5. The molecule has 1 aliphatic rings. The molecule has 0 radical (unpaired) electrons. The Kier molecular flexibility index (Phi) is 4.36. The van der Waals surface area contributed by atoms with Crippen LogP contribution in [0.3, 0.4) is 0 Å². The summed E-state index contributed by atoms with van der Waals surface area (Å²) in [5.74, 6) is 0.455. The monoisotopic (exact) mass is 340 g/mol. The summed E-state index contributed by atoms with van der Waals surface area (Å²) in [6.07, 6.45) is -1.09. The molecule has 0 saturated carbocycles. The van der Waals surface area contributed by atoms with Crippen molar-refractivity contribution in [1.82, 2.24) is 20.2 Å². The summed E-state index contributed by atoms with van der Waals surface area (Å²) in [7, 11) is 0. The number of halogens is 3. The van der Waals surface area contributed by atoms with E-state index < -0.39 is 11.7 Å². The number of amides is 1. The van der Waals surface area contributed by atoms with Gasteiger partial charge in [-0.3, -0.25) is 10.1 Å². The minimum Gasteiger partial charge on any atom is -0.357 e. The SMILES string of the molecule is O=C(Nc1ncn[nH]1)C1CCN(c2ccc(C(F)(F)F)cn2)CC1. The Morgan fingerprint density at radius 2 is 2.00 bits per heavy atom. The summed E-state index contributed by atoms with van der Waals surface area (Å²) in [6, 6.07) is 2.38. The first kappa shape index (κ1) is 16.2. The number of hydrogen-bond donors (Lipinski definition) is 2. The lowest BCUT2D eigenvalue weighted by atomic mass is 9.96. The molecule has 3 rings (SSSR count). The maximum absolute atomic E-state index is 12.5. The highest BCUT2D eigenvalue weighted by Gasteiger charge is 2.31. The van der Waals surface area contributed by atoms with Gasteiger partial charge >= 0.3 is 6.18 Å². The summed E-state index contributed by atoms with van der Waals surface area (Å²) in [5.41, 5.74) is -0.771. The fourth-order valence-corrected chi connectivity index (χ4v) is 2.60. The largest absolute Gasteiger partial charge is 0.417 e. The Labute approximate surface area is 135 Å². The van der Waals surface area contributed by atoms with E-state index in [2.05, 4.69) is 25.5 Å². The molecule has 2 aromatic rings. The molecule has 1 saturated heterocycles. The van der Waals surface area contributed by atoms with Gasteiger partial charge in [0, 0.05) is 25.2 Å². The number of aromatic amines is 1. The molecule has 1 amide bonds. The average molecular weight is 340 g/mol. The van der Waals surface area contributed by atoms with Crippen molar-refractivity contribution in [3.05, 3.63) is 30.2 Å². The van der Waals surface area contributed by atoms with Gasteiger partial charge in [0.05, 0.1) is 5.56 Å². The predicted octanol–water partition coefficient (Wildman–Crippen LogP) is 2.07. The van der Waals surface area contributed by atoms with Crippen LogP contribution in [0.5, 0.6) is 0 Å². The minimum atomic E-state index is -4.39. The molecule has 128 valence electrons. The average Bonchev–Trinajstić information content (AvgIpc) is 3.07. The Balaban J connectivity index is 1.56. The zero-order valence-corrected chi connectivity index (χ0v) is 12.5. The number of anilines is 2. The van der Waals surface area contributed by atoms with E-state index in [0.717, 1.165) is 12.3 Å². The third kappa shape index (κ3) is 3.63. The summed E-state index contributed by atoms with van der Waals surface area (Å²) < 4.78 is 37.6. The van der Waals surface area contributed by atoms with Crippen LogP contribution in [0.25, 0.3) is 0 Å². The van der Waals surface area contributed by atoms with Crippen LogP contribution in [0, 0.1) is 5.92 Å². The Bertz CT molecular complexity index is 678. The number of aromatic nitrogens is 4. The Hall–Kier alpha value is -2.65. The molecule has 10 heteroatoms. The van der Waals surface area contributed by atoms with Crippen molar-refractivity contribution in [3.8, 4) is 0 Å². The molecule has 1 aliphatic heterocycles. The summed E-state index contributed by atoms with van der Waals surface area (Å²) in [5, 5.41) is 8.85. The van der Waals surface area contributed by atoms with Gasteiger partial charge in [0.2, 0.25) is 11.9 Å². The number of pyridine rings is 1. The quantitative estimate of drug-likeness (QED) is 0.893. The first-order chi connectivity index (χ1) is 11.4. The fourth-order valence-electron chi connectivity index (χ4n) is 2.60. The van der Waals surface area contributed by atoms with Gasteiger partial charge in [0.25, 0.3) is 0 Å². The van der Waals surface area contributed by atoms with Crippen molar-refractivity contribution >= 4 is 17.7 Å². The Morgan fingerprint density at radius 3 is 2.54 bits per heavy atom. The molecule has 0 bridgehead atoms. The summed E-state index contributed by atoms with van der Waals surface area (Å²) in [6.45, 7) is 1.10. The lowest BCUT2D eigenvalue weighted by molar-refractivity contribution is -0.137. The number of hydrogen-bond acceptors (Lipinski definition) is 5. The van der Waals surface area contributed by atoms with Gasteiger partial charge < -0.3 is 4.90 Å². The van der Waals surface area contributed by atoms with Crippen LogP contribution < -0.4 is 10.2 Å². The van der Waals surface area contributed by atoms with E-state index in [1.54, 1.807) is 0 Å². The van der Waals surface area contributed by atoms with Crippen molar-refractivity contribution in [1.29, 1.82) is 0 Å². The summed E-state index contributed by atoms with van der Waals surface area (Å²) in [4.78, 5) is 21.7. The highest BCUT2D eigenvalue weighted by atomic mass is 19.4. The van der Waals surface area contributed by atoms with Crippen LogP contribution >= 0.6 is 0 Å². The van der Waals surface area contributed by atoms with Crippen molar-refractivity contribution in [2.45, 2.75) is 19.0 Å². The minimum absolute atomic E-state index is 0.147. The topological polar surface area (TPSA) is 86.8 Å². The lowest BCUT2D eigenvalue weighted by Gasteiger charge is -2.32. The first-order valence-corrected chi connectivity index (χ1v) is 7.38. The third-order valence-corrected chi connectivity index (χ3v) is 3.92. The van der Waals surface area contributed by atoms with E-state index in [4.69, 9.17) is 0 Å². The second kappa shape index (κ2) is 6.46. The molecule has 0 atom stereocenters. The Morgan fingerprint density at radius 1 is 1.25 bits per heavy atom. The highest BCUT2D eigenvalue weighted by molar-refractivity contribution is 5.91. The third-order valence-electron chi connectivity index (χ3n) is 3.92. The van der Waals surface area contributed by atoms with Gasteiger partial charge in [-0.15, -0.1) is 0 Å². The number of piperidine rings is 1. The van der Waals surface area contributed by atoms with E-state index in [9.17, 15) is 18.0 Å². The molecule has 0 unspecified atom stereocenters. The molecule has 0 spiro atoms. The number of nitrogens with one attached hydrogen (secondary N) is 2. The molecular weight excluding hydrogens is 325 g/mol. The normalized spacial score (nSPS) is 16.2. The summed E-state index contributed by atoms with van der Waals surface area (Å²) >= 11 is 0. The molecule has 2 aromatic heterocycles. The molecule has 3 heterocycles. The second-order valence-corrected chi connectivity index (χ2v) is 5.49. The van der Waals surface area contributed by atoms with E-state index in [1.165, 1.54) is 12.4 Å². The first-order valence-electron chi connectivity index (χ1n) is 7.38. The van der Waals surface area contributed by atoms with Gasteiger partial charge in [0.1, 0.15) is 12.1 Å². The number of rotatable bonds is 3. The van der Waals surface area contributed by atoms with Gasteiger partial charge in [-0.2, -0.15) is 23.3 Å². The van der Waals surface area contributed by atoms with Gasteiger partial charge in [-0.05, 0) is 25.0 Å². The molecule has 0 aromatic carbocycles. The number of carbonyl (C=O) groups is 1. The maximum atomic E-state index is 12.5. The van der Waals surface area contributed by atoms with Crippen LogP contribution in [0.4, 0.5) is 24.9 Å². The smallest absolute Gasteiger partial charge is 0.357 e. The second-order valence-electron chi connectivity index (χ2n) is 5.49. The van der Waals surface area contributed by atoms with E-state index in [-0.39, 0.29) is 11.8 Å². The van der Waals surface area contributed by atoms with E-state index in [0.29, 0.717) is 37.7 Å². The fraction of sp³-hybridized carbons (Fsp3) is 0.429. The van der Waals surface area contributed by atoms with Crippen molar-refractivity contribution < 1.29 is 18.0 Å². The lowest BCUT2D eigenvalue weighted by Crippen LogP contribution is -2.38. The van der Waals surface area contributed by atoms with Crippen LogP contribution in [0.2, 0.25) is 0 Å². The van der Waals surface area contributed by atoms with Gasteiger partial charge in [-0.1, -0.05) is 0 Å². The van der Waals surface area contributed by atoms with Crippen molar-refractivity contribution in [2.24, 2.45) is 5.92 Å². The molecule has 2 N–H and O–H groups in total. The van der Waals surface area contributed by atoms with Crippen LogP contribution in [-0.4, -0.2) is 39.2 Å². The molecule has 24 heavy (non-hydrogen) atoms. The zero-order chi connectivity index (χ0) is 17.2. The molecule has 1 fully saturated rings. The number of carbonyl (C=O) groups excluding carboxylic acids is 1. The number of H-pyrrole nitrogens is 1. The molecular formula is C14H15F3N6O. The van der Waals surface area contributed by atoms with E-state index in [1.807, 2.05) is 4.90 Å². The van der Waals surface area contributed by atoms with E-state index >= 15 is 0 Å². The maximum Gasteiger partial charge on any atom is 0.417 e. The standard InChI is InChI=1S/C14H15F3N6O/c15-14(16,17)10-1-2-11(18-7-10)23-5-3-9(4-6-23)12(24)21-13-19-8-20-22-13/h1-2,7-9H,3-6H2,(H2,19,20,21,22,24).